The summed E-state index contributed by atoms with van der Waals surface area (Å²) in [5.74, 6) is 0.0815. The van der Waals surface area contributed by atoms with Gasteiger partial charge in [0.1, 0.15) is 0 Å². The molecule has 4 nitrogen and oxygen atoms in total. The van der Waals surface area contributed by atoms with Gasteiger partial charge in [0.05, 0.1) is 12.5 Å². The number of nitrogens with zero attached hydrogens (tertiary/aromatic N) is 1. The molecule has 17 heavy (non-hydrogen) atoms. The molecule has 0 spiro atoms. The van der Waals surface area contributed by atoms with Crippen molar-refractivity contribution in [2.75, 3.05) is 12.4 Å². The van der Waals surface area contributed by atoms with Crippen LogP contribution >= 0.6 is 11.6 Å². The highest BCUT2D eigenvalue weighted by Gasteiger charge is 2.31. The first-order valence-electron chi connectivity index (χ1n) is 5.44. The number of benzene rings is 1. The normalized spacial score (nSPS) is 20.3. The maximum Gasteiger partial charge on any atom is 0.324 e. The zero-order valence-corrected chi connectivity index (χ0v) is 9.98. The Balaban J connectivity index is 2.12. The smallest absolute Gasteiger partial charge is 0.324 e. The molecule has 0 saturated carbocycles. The minimum absolute atomic E-state index is 0.178. The Morgan fingerprint density at radius 3 is 2.59 bits per heavy atom. The lowest BCUT2D eigenvalue weighted by molar-refractivity contribution is -0.130. The first-order valence-corrected chi connectivity index (χ1v) is 5.97. The average molecular weight is 253 g/mol. The molecule has 5 heteroatoms. The van der Waals surface area contributed by atoms with Crippen molar-refractivity contribution in [1.82, 2.24) is 10.2 Å². The van der Waals surface area contributed by atoms with Gasteiger partial charge in [-0.05, 0) is 5.56 Å². The quantitative estimate of drug-likeness (QED) is 0.836. The predicted molar refractivity (Wildman–Crippen MR) is 64.8 cm³/mol. The summed E-state index contributed by atoms with van der Waals surface area (Å²) < 4.78 is 0. The molecular weight excluding hydrogens is 240 g/mol. The lowest BCUT2D eigenvalue weighted by atomic mass is 10.0. The molecule has 1 atom stereocenters. The number of rotatable bonds is 3. The fourth-order valence-corrected chi connectivity index (χ4v) is 2.04. The second-order valence-corrected chi connectivity index (χ2v) is 4.23. The van der Waals surface area contributed by atoms with Gasteiger partial charge in [-0.1, -0.05) is 30.3 Å². The van der Waals surface area contributed by atoms with Crippen molar-refractivity contribution >= 4 is 23.5 Å². The van der Waals surface area contributed by atoms with E-state index in [0.717, 1.165) is 10.5 Å². The summed E-state index contributed by atoms with van der Waals surface area (Å²) in [5.41, 5.74) is 0.944. The van der Waals surface area contributed by atoms with Crippen LogP contribution < -0.4 is 5.32 Å². The van der Waals surface area contributed by atoms with Crippen LogP contribution in [-0.4, -0.2) is 29.3 Å². The first kappa shape index (κ1) is 11.9. The van der Waals surface area contributed by atoms with Gasteiger partial charge in [-0.15, -0.1) is 11.6 Å². The fraction of sp³-hybridized carbons (Fsp3) is 0.333. The van der Waals surface area contributed by atoms with Gasteiger partial charge in [0.2, 0.25) is 5.91 Å². The largest absolute Gasteiger partial charge is 0.330 e. The lowest BCUT2D eigenvalue weighted by Gasteiger charge is -2.31. The SMILES string of the molecule is O=C1CC(c2ccccc2)NC(=O)N1CCCl. The summed E-state index contributed by atoms with van der Waals surface area (Å²) in [6, 6.07) is 8.87. The van der Waals surface area contributed by atoms with E-state index in [0.29, 0.717) is 0 Å². The van der Waals surface area contributed by atoms with Gasteiger partial charge in [-0.3, -0.25) is 9.69 Å². The number of urea groups is 1. The van der Waals surface area contributed by atoms with E-state index in [1.165, 1.54) is 0 Å². The summed E-state index contributed by atoms with van der Waals surface area (Å²) in [6.07, 6.45) is 0.284. The van der Waals surface area contributed by atoms with Crippen molar-refractivity contribution in [3.8, 4) is 0 Å². The Hall–Kier alpha value is -1.55. The van der Waals surface area contributed by atoms with Crippen molar-refractivity contribution in [3.63, 3.8) is 0 Å². The minimum Gasteiger partial charge on any atom is -0.330 e. The zero-order valence-electron chi connectivity index (χ0n) is 9.23. The van der Waals surface area contributed by atoms with E-state index in [9.17, 15) is 9.59 Å². The number of alkyl halides is 1. The van der Waals surface area contributed by atoms with Crippen LogP contribution in [0.25, 0.3) is 0 Å². The van der Waals surface area contributed by atoms with E-state index >= 15 is 0 Å². The number of hydrogen-bond acceptors (Lipinski definition) is 2. The van der Waals surface area contributed by atoms with Gasteiger partial charge >= 0.3 is 6.03 Å². The lowest BCUT2D eigenvalue weighted by Crippen LogP contribution is -2.51. The van der Waals surface area contributed by atoms with Crippen LogP contribution in [0.4, 0.5) is 4.79 Å². The van der Waals surface area contributed by atoms with E-state index in [2.05, 4.69) is 5.32 Å². The fourth-order valence-electron chi connectivity index (χ4n) is 1.87. The van der Waals surface area contributed by atoms with Gasteiger partial charge in [-0.2, -0.15) is 0 Å². The van der Waals surface area contributed by atoms with E-state index in [1.807, 2.05) is 30.3 Å². The third-order valence-corrected chi connectivity index (χ3v) is 2.90. The molecule has 1 saturated heterocycles. The van der Waals surface area contributed by atoms with Gasteiger partial charge in [0.15, 0.2) is 0 Å². The number of amides is 3. The molecule has 3 amide bonds. The zero-order chi connectivity index (χ0) is 12.3. The van der Waals surface area contributed by atoms with Crippen molar-refractivity contribution in [2.45, 2.75) is 12.5 Å². The van der Waals surface area contributed by atoms with Crippen LogP contribution in [0.5, 0.6) is 0 Å². The van der Waals surface area contributed by atoms with E-state index in [1.54, 1.807) is 0 Å². The Labute approximate surface area is 105 Å². The third kappa shape index (κ3) is 2.58. The van der Waals surface area contributed by atoms with Crippen LogP contribution in [0.3, 0.4) is 0 Å². The molecule has 1 aromatic rings. The van der Waals surface area contributed by atoms with Crippen LogP contribution in [0.15, 0.2) is 30.3 Å². The van der Waals surface area contributed by atoms with Crippen molar-refractivity contribution in [2.24, 2.45) is 0 Å². The molecule has 1 aliphatic rings. The molecule has 0 aromatic heterocycles. The van der Waals surface area contributed by atoms with E-state index in [4.69, 9.17) is 11.6 Å². The first-order chi connectivity index (χ1) is 8.22. The summed E-state index contributed by atoms with van der Waals surface area (Å²) in [6.45, 7) is 0.258. The van der Waals surface area contributed by atoms with Crippen molar-refractivity contribution < 1.29 is 9.59 Å². The average Bonchev–Trinajstić information content (AvgIpc) is 2.35. The summed E-state index contributed by atoms with van der Waals surface area (Å²) in [5, 5.41) is 2.81. The van der Waals surface area contributed by atoms with Gasteiger partial charge in [0.25, 0.3) is 0 Å². The molecule has 1 unspecified atom stereocenters. The number of carbonyl (C=O) groups is 2. The van der Waals surface area contributed by atoms with Crippen LogP contribution in [-0.2, 0) is 4.79 Å². The standard InChI is InChI=1S/C12H13ClN2O2/c13-6-7-15-11(16)8-10(14-12(15)17)9-4-2-1-3-5-9/h1-5,10H,6-8H2,(H,14,17). The molecule has 1 heterocycles. The minimum atomic E-state index is -0.365. The molecular formula is C12H13ClN2O2. The van der Waals surface area contributed by atoms with Gasteiger partial charge < -0.3 is 5.32 Å². The molecule has 0 aliphatic carbocycles. The summed E-state index contributed by atoms with van der Waals surface area (Å²) in [4.78, 5) is 24.7. The molecule has 1 aliphatic heterocycles. The van der Waals surface area contributed by atoms with Crippen molar-refractivity contribution in [3.05, 3.63) is 35.9 Å². The highest BCUT2D eigenvalue weighted by atomic mass is 35.5. The van der Waals surface area contributed by atoms with Gasteiger partial charge in [-0.25, -0.2) is 4.79 Å². The number of nitrogens with one attached hydrogen (secondary N) is 1. The van der Waals surface area contributed by atoms with Crippen LogP contribution in [0.2, 0.25) is 0 Å². The second kappa shape index (κ2) is 5.19. The summed E-state index contributed by atoms with van der Waals surface area (Å²) >= 11 is 5.54. The number of halogens is 1. The van der Waals surface area contributed by atoms with E-state index in [-0.39, 0.29) is 36.8 Å². The molecule has 2 rings (SSSR count). The van der Waals surface area contributed by atoms with Gasteiger partial charge in [0, 0.05) is 12.4 Å². The molecule has 1 fully saturated rings. The maximum absolute atomic E-state index is 11.8. The number of hydrogen-bond donors (Lipinski definition) is 1. The Morgan fingerprint density at radius 2 is 2.00 bits per heavy atom. The monoisotopic (exact) mass is 252 g/mol. The second-order valence-electron chi connectivity index (χ2n) is 3.85. The highest BCUT2D eigenvalue weighted by molar-refractivity contribution is 6.18. The van der Waals surface area contributed by atoms with Crippen molar-refractivity contribution in [1.29, 1.82) is 0 Å². The van der Waals surface area contributed by atoms with Crippen LogP contribution in [0.1, 0.15) is 18.0 Å². The molecule has 1 aromatic carbocycles. The third-order valence-electron chi connectivity index (χ3n) is 2.73. The Kier molecular flexibility index (Phi) is 3.64. The summed E-state index contributed by atoms with van der Waals surface area (Å²) in [7, 11) is 0. The molecule has 90 valence electrons. The van der Waals surface area contributed by atoms with Crippen LogP contribution in [0, 0.1) is 0 Å². The Bertz CT molecular complexity index is 404. The highest BCUT2D eigenvalue weighted by Crippen LogP contribution is 2.21. The van der Waals surface area contributed by atoms with E-state index < -0.39 is 0 Å². The number of imide groups is 1. The maximum atomic E-state index is 11.8. The number of carbonyl (C=O) groups excluding carboxylic acids is 2. The molecule has 1 N–H and O–H groups in total. The Morgan fingerprint density at radius 1 is 1.29 bits per heavy atom. The predicted octanol–water partition coefficient (Wildman–Crippen LogP) is 1.91. The molecule has 0 bridgehead atoms. The molecule has 0 radical (unpaired) electrons. The topological polar surface area (TPSA) is 49.4 Å².